The molecule has 156 valence electrons. The topological polar surface area (TPSA) is 72.7 Å². The van der Waals surface area contributed by atoms with Gasteiger partial charge in [-0.25, -0.2) is 14.1 Å². The maximum Gasteiger partial charge on any atom is 0.217 e. The van der Waals surface area contributed by atoms with Gasteiger partial charge >= 0.3 is 0 Å². The summed E-state index contributed by atoms with van der Waals surface area (Å²) >= 11 is 5.82. The fourth-order valence-corrected chi connectivity index (χ4v) is 3.66. The molecule has 1 amide bonds. The third-order valence-electron chi connectivity index (χ3n) is 5.05. The van der Waals surface area contributed by atoms with Gasteiger partial charge in [0.05, 0.1) is 5.02 Å². The average Bonchev–Trinajstić information content (AvgIpc) is 3.38. The molecule has 2 aromatic heterocycles. The third kappa shape index (κ3) is 4.51. The Morgan fingerprint density at radius 3 is 2.53 bits per heavy atom. The summed E-state index contributed by atoms with van der Waals surface area (Å²) in [5.41, 5.74) is 3.13. The van der Waals surface area contributed by atoms with Crippen molar-refractivity contribution in [2.75, 3.05) is 0 Å². The van der Waals surface area contributed by atoms with Gasteiger partial charge in [0.25, 0.3) is 0 Å². The van der Waals surface area contributed by atoms with Gasteiger partial charge in [0, 0.05) is 30.4 Å². The first-order valence-corrected chi connectivity index (χ1v) is 10.3. The lowest BCUT2D eigenvalue weighted by Gasteiger charge is -2.19. The first kappa shape index (κ1) is 20.5. The molecule has 0 saturated heterocycles. The highest BCUT2D eigenvalue weighted by atomic mass is 35.5. The maximum atomic E-state index is 14.0. The molecule has 1 saturated carbocycles. The van der Waals surface area contributed by atoms with Crippen LogP contribution in [-0.4, -0.2) is 25.7 Å². The number of benzene rings is 1. The van der Waals surface area contributed by atoms with E-state index in [1.807, 2.05) is 30.7 Å². The lowest BCUT2D eigenvalue weighted by Crippen LogP contribution is -2.30. The molecule has 8 heteroatoms. The second kappa shape index (κ2) is 8.14. The molecule has 1 N–H and O–H groups in total. The molecule has 3 aromatic rings. The number of amides is 1. The van der Waals surface area contributed by atoms with E-state index in [-0.39, 0.29) is 10.9 Å². The molecule has 30 heavy (non-hydrogen) atoms. The Labute approximate surface area is 179 Å². The number of rotatable bonds is 6. The summed E-state index contributed by atoms with van der Waals surface area (Å²) in [6, 6.07) is 7.91. The van der Waals surface area contributed by atoms with Gasteiger partial charge in [-0.1, -0.05) is 11.6 Å². The summed E-state index contributed by atoms with van der Waals surface area (Å²) in [5, 5.41) is 7.71. The number of pyridine rings is 1. The predicted octanol–water partition coefficient (Wildman–Crippen LogP) is 4.38. The summed E-state index contributed by atoms with van der Waals surface area (Å²) in [4.78, 5) is 21.2. The number of nitrogens with one attached hydrogen (secondary N) is 1. The van der Waals surface area contributed by atoms with E-state index < -0.39 is 11.9 Å². The number of carbonyl (C=O) groups is 1. The van der Waals surface area contributed by atoms with E-state index >= 15 is 0 Å². The van der Waals surface area contributed by atoms with Gasteiger partial charge < -0.3 is 5.32 Å². The fraction of sp³-hybridized carbons (Fsp3) is 0.364. The monoisotopic (exact) mass is 427 g/mol. The van der Waals surface area contributed by atoms with Gasteiger partial charge in [-0.15, -0.1) is 0 Å². The summed E-state index contributed by atoms with van der Waals surface area (Å²) in [6.45, 7) is 6.01. The Bertz CT molecular complexity index is 1090. The van der Waals surface area contributed by atoms with Crippen LogP contribution in [0.25, 0.3) is 11.4 Å². The third-order valence-corrected chi connectivity index (χ3v) is 5.36. The van der Waals surface area contributed by atoms with Gasteiger partial charge in [-0.05, 0) is 68.5 Å². The number of nitrogens with zero attached hydrogens (tertiary/aromatic N) is 4. The average molecular weight is 428 g/mol. The van der Waals surface area contributed by atoms with Gasteiger partial charge in [-0.3, -0.25) is 9.78 Å². The van der Waals surface area contributed by atoms with Crippen LogP contribution in [0.1, 0.15) is 48.6 Å². The van der Waals surface area contributed by atoms with E-state index in [2.05, 4.69) is 15.4 Å². The molecule has 1 unspecified atom stereocenters. The summed E-state index contributed by atoms with van der Waals surface area (Å²) < 4.78 is 15.9. The highest BCUT2D eigenvalue weighted by Gasteiger charge is 2.29. The molecule has 0 bridgehead atoms. The van der Waals surface area contributed by atoms with Crippen molar-refractivity contribution >= 4 is 17.5 Å². The van der Waals surface area contributed by atoms with Crippen LogP contribution in [0.5, 0.6) is 0 Å². The van der Waals surface area contributed by atoms with Gasteiger partial charge in [0.1, 0.15) is 11.9 Å². The molecule has 1 aliphatic carbocycles. The quantitative estimate of drug-likeness (QED) is 0.633. The van der Waals surface area contributed by atoms with E-state index in [0.29, 0.717) is 29.7 Å². The van der Waals surface area contributed by atoms with Crippen molar-refractivity contribution in [1.82, 2.24) is 25.1 Å². The van der Waals surface area contributed by atoms with Crippen LogP contribution in [-0.2, 0) is 11.3 Å². The Hall–Kier alpha value is -2.80. The number of hydrogen-bond donors (Lipinski definition) is 1. The fourth-order valence-electron chi connectivity index (χ4n) is 3.54. The first-order valence-electron chi connectivity index (χ1n) is 9.92. The van der Waals surface area contributed by atoms with Crippen molar-refractivity contribution in [3.05, 3.63) is 63.9 Å². The normalized spacial score (nSPS) is 14.6. The highest BCUT2D eigenvalue weighted by molar-refractivity contribution is 6.30. The Morgan fingerprint density at radius 1 is 1.23 bits per heavy atom. The number of aromatic nitrogens is 4. The number of halogens is 2. The molecule has 4 rings (SSSR count). The largest absolute Gasteiger partial charge is 0.342 e. The Balaban J connectivity index is 1.82. The summed E-state index contributed by atoms with van der Waals surface area (Å²) in [5.74, 6) is 0.867. The van der Waals surface area contributed by atoms with Gasteiger partial charge in [-0.2, -0.15) is 5.10 Å². The summed E-state index contributed by atoms with van der Waals surface area (Å²) in [6.07, 6.45) is 2.28. The molecule has 0 radical (unpaired) electrons. The van der Waals surface area contributed by atoms with E-state index in [9.17, 15) is 9.18 Å². The molecule has 0 spiro atoms. The zero-order valence-electron chi connectivity index (χ0n) is 17.1. The highest BCUT2D eigenvalue weighted by Crippen LogP contribution is 2.33. The van der Waals surface area contributed by atoms with Crippen LogP contribution < -0.4 is 5.32 Å². The zero-order valence-corrected chi connectivity index (χ0v) is 17.9. The van der Waals surface area contributed by atoms with Crippen LogP contribution in [0, 0.1) is 25.6 Å². The van der Waals surface area contributed by atoms with E-state index in [1.54, 1.807) is 6.07 Å². The van der Waals surface area contributed by atoms with Crippen molar-refractivity contribution in [2.45, 2.75) is 46.2 Å². The van der Waals surface area contributed by atoms with Crippen LogP contribution in [0.2, 0.25) is 5.02 Å². The molecule has 1 atom stereocenters. The first-order chi connectivity index (χ1) is 14.3. The number of aryl methyl sites for hydroxylation is 2. The minimum Gasteiger partial charge on any atom is -0.342 e. The smallest absolute Gasteiger partial charge is 0.217 e. The molecular formula is C22H23ClFN5O. The SMILES string of the molecule is CC(=O)NC(c1cc(C)nc(C)c1)c1nc(-c2ccc(Cl)c(F)c2)nn1CC1CC1. The maximum absolute atomic E-state index is 14.0. The standard InChI is InChI=1S/C22H23ClFN5O/c1-12-8-17(9-13(2)25-12)20(26-14(3)30)22-27-21(28-29(22)11-15-4-5-15)16-6-7-18(23)19(24)10-16/h6-10,15,20H,4-5,11H2,1-3H3,(H,26,30). The Kier molecular flexibility index (Phi) is 5.56. The Morgan fingerprint density at radius 2 is 1.93 bits per heavy atom. The lowest BCUT2D eigenvalue weighted by atomic mass is 10.0. The predicted molar refractivity (Wildman–Crippen MR) is 113 cm³/mol. The second-order valence-electron chi connectivity index (χ2n) is 7.86. The van der Waals surface area contributed by atoms with Crippen LogP contribution >= 0.6 is 11.6 Å². The van der Waals surface area contributed by atoms with Crippen LogP contribution in [0.4, 0.5) is 4.39 Å². The molecule has 1 aliphatic rings. The molecule has 6 nitrogen and oxygen atoms in total. The molecule has 1 aromatic carbocycles. The van der Waals surface area contributed by atoms with Crippen molar-refractivity contribution in [3.63, 3.8) is 0 Å². The molecular weight excluding hydrogens is 405 g/mol. The number of hydrogen-bond acceptors (Lipinski definition) is 4. The van der Waals surface area contributed by atoms with Crippen LogP contribution in [0.3, 0.4) is 0 Å². The van der Waals surface area contributed by atoms with Crippen LogP contribution in [0.15, 0.2) is 30.3 Å². The van der Waals surface area contributed by atoms with Crippen molar-refractivity contribution in [1.29, 1.82) is 0 Å². The molecule has 2 heterocycles. The summed E-state index contributed by atoms with van der Waals surface area (Å²) in [7, 11) is 0. The molecule has 0 aliphatic heterocycles. The van der Waals surface area contributed by atoms with Crippen molar-refractivity contribution in [3.8, 4) is 11.4 Å². The minimum atomic E-state index is -0.520. The lowest BCUT2D eigenvalue weighted by molar-refractivity contribution is -0.119. The minimum absolute atomic E-state index is 0.0512. The number of carbonyl (C=O) groups excluding carboxylic acids is 1. The van der Waals surface area contributed by atoms with Gasteiger partial charge in [0.15, 0.2) is 11.6 Å². The zero-order chi connectivity index (χ0) is 21.4. The second-order valence-corrected chi connectivity index (χ2v) is 8.27. The van der Waals surface area contributed by atoms with Gasteiger partial charge in [0.2, 0.25) is 5.91 Å². The molecule has 1 fully saturated rings. The van der Waals surface area contributed by atoms with E-state index in [4.69, 9.17) is 16.6 Å². The van der Waals surface area contributed by atoms with Crippen molar-refractivity contribution < 1.29 is 9.18 Å². The van der Waals surface area contributed by atoms with E-state index in [0.717, 1.165) is 29.8 Å². The van der Waals surface area contributed by atoms with Crippen molar-refractivity contribution in [2.24, 2.45) is 5.92 Å². The van der Waals surface area contributed by atoms with E-state index in [1.165, 1.54) is 19.1 Å².